The minimum atomic E-state index is -3.01. The Labute approximate surface area is 276 Å². The van der Waals surface area contributed by atoms with Crippen molar-refractivity contribution in [3.63, 3.8) is 0 Å². The van der Waals surface area contributed by atoms with E-state index in [0.717, 1.165) is 5.71 Å². The molecule has 7 heteroatoms. The van der Waals surface area contributed by atoms with Crippen LogP contribution in [0.4, 0.5) is 0 Å². The van der Waals surface area contributed by atoms with Crippen molar-refractivity contribution in [2.24, 2.45) is 11.1 Å². The fraction of sp³-hybridized carbons (Fsp3) is 0.359. The minimum Gasteiger partial charge on any atom is -0.401 e. The summed E-state index contributed by atoms with van der Waals surface area (Å²) >= 11 is 0. The molecule has 0 aromatic heterocycles. The molecule has 4 atom stereocenters. The molecular formula is C39H47NO4Si2. The molecule has 1 aliphatic heterocycles. The molecule has 4 unspecified atom stereocenters. The zero-order valence-electron chi connectivity index (χ0n) is 27.9. The van der Waals surface area contributed by atoms with Gasteiger partial charge in [-0.1, -0.05) is 168 Å². The van der Waals surface area contributed by atoms with E-state index < -0.39 is 34.9 Å². The van der Waals surface area contributed by atoms with Gasteiger partial charge in [0.05, 0.1) is 23.8 Å². The third kappa shape index (κ3) is 5.62. The van der Waals surface area contributed by atoms with Gasteiger partial charge in [-0.05, 0) is 30.8 Å². The number of hydrogen-bond acceptors (Lipinski definition) is 5. The van der Waals surface area contributed by atoms with E-state index in [9.17, 15) is 5.11 Å². The molecule has 0 saturated heterocycles. The van der Waals surface area contributed by atoms with Crippen LogP contribution in [0.25, 0.3) is 0 Å². The van der Waals surface area contributed by atoms with E-state index in [-0.39, 0.29) is 16.0 Å². The number of hydrogen-bond donors (Lipinski definition) is 1. The Balaban J connectivity index is 1.49. The predicted octanol–water partition coefficient (Wildman–Crippen LogP) is 5.64. The van der Waals surface area contributed by atoms with Gasteiger partial charge in [-0.3, -0.25) is 0 Å². The summed E-state index contributed by atoms with van der Waals surface area (Å²) in [5.74, 6) is -0.157. The molecule has 1 aliphatic carbocycles. The number of fused-ring (bicyclic) bond motifs is 1. The lowest BCUT2D eigenvalue weighted by Crippen LogP contribution is -2.72. The summed E-state index contributed by atoms with van der Waals surface area (Å²) in [6.07, 6.45) is -1.50. The molecular weight excluding hydrogens is 603 g/mol. The van der Waals surface area contributed by atoms with Crippen molar-refractivity contribution < 1.29 is 18.8 Å². The van der Waals surface area contributed by atoms with Crippen LogP contribution >= 0.6 is 0 Å². The zero-order chi connectivity index (χ0) is 32.6. The largest absolute Gasteiger partial charge is 0.401 e. The monoisotopic (exact) mass is 649 g/mol. The van der Waals surface area contributed by atoms with E-state index in [1.165, 1.54) is 20.7 Å². The Morgan fingerprint density at radius 3 is 1.35 bits per heavy atom. The number of oxime groups is 1. The fourth-order valence-corrected chi connectivity index (χ4v) is 17.1. The lowest BCUT2D eigenvalue weighted by atomic mass is 9.82. The van der Waals surface area contributed by atoms with Crippen LogP contribution in [-0.2, 0) is 13.7 Å². The van der Waals surface area contributed by atoms with Gasteiger partial charge in [-0.25, -0.2) is 0 Å². The van der Waals surface area contributed by atoms with Crippen molar-refractivity contribution >= 4 is 43.1 Å². The van der Waals surface area contributed by atoms with Gasteiger partial charge in [0.2, 0.25) is 0 Å². The van der Waals surface area contributed by atoms with E-state index in [0.29, 0.717) is 13.0 Å². The first-order valence-corrected chi connectivity index (χ1v) is 20.3. The third-order valence-electron chi connectivity index (χ3n) is 9.86. The number of aliphatic hydroxyl groups is 1. The summed E-state index contributed by atoms with van der Waals surface area (Å²) in [5.41, 5.74) is 0.913. The quantitative estimate of drug-likeness (QED) is 0.251. The number of nitrogens with zero attached hydrogens (tertiary/aromatic N) is 1. The smallest absolute Gasteiger partial charge is 0.261 e. The number of benzene rings is 4. The van der Waals surface area contributed by atoms with Crippen LogP contribution in [0.3, 0.4) is 0 Å². The Hall–Kier alpha value is -3.34. The molecule has 0 spiro atoms. The first-order chi connectivity index (χ1) is 22.0. The highest BCUT2D eigenvalue weighted by Crippen LogP contribution is 2.44. The van der Waals surface area contributed by atoms with Crippen LogP contribution in [0.15, 0.2) is 126 Å². The Morgan fingerprint density at radius 2 is 0.978 bits per heavy atom. The first kappa shape index (κ1) is 32.6. The van der Waals surface area contributed by atoms with Gasteiger partial charge in [-0.2, -0.15) is 0 Å². The lowest BCUT2D eigenvalue weighted by molar-refractivity contribution is -0.0697. The highest BCUT2D eigenvalue weighted by molar-refractivity contribution is 7.00. The molecule has 1 heterocycles. The normalized spacial score (nSPS) is 22.1. The van der Waals surface area contributed by atoms with Crippen molar-refractivity contribution in [2.75, 3.05) is 6.61 Å². The predicted molar refractivity (Wildman–Crippen MR) is 192 cm³/mol. The topological polar surface area (TPSA) is 60.3 Å². The summed E-state index contributed by atoms with van der Waals surface area (Å²) in [6, 6.07) is 42.4. The molecule has 2 aliphatic rings. The molecule has 6 rings (SSSR count). The molecule has 1 saturated carbocycles. The molecule has 1 fully saturated rings. The van der Waals surface area contributed by atoms with Gasteiger partial charge in [0.1, 0.15) is 12.7 Å². The Morgan fingerprint density at radius 1 is 0.609 bits per heavy atom. The summed E-state index contributed by atoms with van der Waals surface area (Å²) < 4.78 is 15.2. The van der Waals surface area contributed by atoms with Gasteiger partial charge >= 0.3 is 0 Å². The van der Waals surface area contributed by atoms with Crippen molar-refractivity contribution in [3.05, 3.63) is 121 Å². The molecule has 1 N–H and O–H groups in total. The van der Waals surface area contributed by atoms with Crippen LogP contribution in [0.2, 0.25) is 10.1 Å². The average Bonchev–Trinajstić information content (AvgIpc) is 3.52. The second-order valence-electron chi connectivity index (χ2n) is 14.7. The molecule has 0 amide bonds. The maximum Gasteiger partial charge on any atom is 0.261 e. The van der Waals surface area contributed by atoms with Crippen molar-refractivity contribution in [1.29, 1.82) is 0 Å². The molecule has 5 nitrogen and oxygen atoms in total. The molecule has 0 bridgehead atoms. The number of rotatable bonds is 8. The Bertz CT molecular complexity index is 1540. The van der Waals surface area contributed by atoms with Gasteiger partial charge in [0.25, 0.3) is 16.6 Å². The highest BCUT2D eigenvalue weighted by atomic mass is 28.4. The van der Waals surface area contributed by atoms with Gasteiger partial charge in [0.15, 0.2) is 0 Å². The van der Waals surface area contributed by atoms with Crippen LogP contribution in [0.1, 0.15) is 48.0 Å². The van der Waals surface area contributed by atoms with E-state index in [1.807, 2.05) is 0 Å². The van der Waals surface area contributed by atoms with Crippen molar-refractivity contribution in [1.82, 2.24) is 0 Å². The van der Waals surface area contributed by atoms with Crippen molar-refractivity contribution in [3.8, 4) is 0 Å². The van der Waals surface area contributed by atoms with E-state index in [1.54, 1.807) is 0 Å². The zero-order valence-corrected chi connectivity index (χ0v) is 29.9. The maximum absolute atomic E-state index is 12.6. The second-order valence-corrected chi connectivity index (χ2v) is 23.3. The summed E-state index contributed by atoms with van der Waals surface area (Å²) in [6.45, 7) is 14.0. The molecule has 46 heavy (non-hydrogen) atoms. The minimum absolute atomic E-state index is 0.157. The molecule has 4 aromatic rings. The van der Waals surface area contributed by atoms with E-state index >= 15 is 0 Å². The first-order valence-electron chi connectivity index (χ1n) is 16.4. The summed E-state index contributed by atoms with van der Waals surface area (Å²) in [5, 5.41) is 21.4. The number of aliphatic hydroxyl groups excluding tert-OH is 1. The third-order valence-corrected chi connectivity index (χ3v) is 20.0. The summed E-state index contributed by atoms with van der Waals surface area (Å²) in [7, 11) is -5.98. The van der Waals surface area contributed by atoms with E-state index in [2.05, 4.69) is 168 Å². The highest BCUT2D eigenvalue weighted by Gasteiger charge is 2.59. The average molecular weight is 650 g/mol. The maximum atomic E-state index is 12.6. The van der Waals surface area contributed by atoms with Gasteiger partial charge in [-0.15, -0.1) is 0 Å². The van der Waals surface area contributed by atoms with Gasteiger partial charge in [0, 0.05) is 6.42 Å². The van der Waals surface area contributed by atoms with Crippen LogP contribution in [-0.4, -0.2) is 52.4 Å². The summed E-state index contributed by atoms with van der Waals surface area (Å²) in [4.78, 5) is 5.76. The van der Waals surface area contributed by atoms with Crippen LogP contribution < -0.4 is 20.7 Å². The molecule has 240 valence electrons. The molecule has 4 aromatic carbocycles. The fourth-order valence-electron chi connectivity index (χ4n) is 7.69. The SMILES string of the molecule is CC(C)(C)[Si](OC1CC2=NOCC2C(O[Si](c2ccccc2)(c2ccccc2)C(C)(C)C)C1O)(c1ccccc1)c1ccccc1. The second kappa shape index (κ2) is 12.7. The van der Waals surface area contributed by atoms with Crippen LogP contribution in [0, 0.1) is 5.92 Å². The van der Waals surface area contributed by atoms with Crippen LogP contribution in [0.5, 0.6) is 0 Å². The van der Waals surface area contributed by atoms with Crippen molar-refractivity contribution in [2.45, 2.75) is 76.4 Å². The Kier molecular flexibility index (Phi) is 9.00. The van der Waals surface area contributed by atoms with Gasteiger partial charge < -0.3 is 18.8 Å². The lowest BCUT2D eigenvalue weighted by Gasteiger charge is -2.51. The van der Waals surface area contributed by atoms with E-state index in [4.69, 9.17) is 13.7 Å². The molecule has 0 radical (unpaired) electrons. The standard InChI is InChI=1S/C39H47NO4Si2/c1-38(2,3)45(29-19-11-7-12-20-29,30-21-13-8-14-22-30)43-35-27-34-33(28-42-40-34)37(36(35)41)44-46(39(4,5)6,31-23-15-9-16-24-31)32-25-17-10-18-26-32/h7-26,33,35-37,41H,27-28H2,1-6H3.